The minimum atomic E-state index is -2.03. The van der Waals surface area contributed by atoms with E-state index in [9.17, 15) is 4.79 Å². The maximum Gasteiger partial charge on any atom is 0.189 e. The van der Waals surface area contributed by atoms with Crippen molar-refractivity contribution in [1.82, 2.24) is 14.0 Å². The largest absolute Gasteiger partial charge is 0.289 e. The summed E-state index contributed by atoms with van der Waals surface area (Å²) in [4.78, 5) is 12.8. The standard InChI is InChI=1S/C18H34N3OP/c1-7-19(8-2)23(20(9-3)10-4,21(11-5)12-6)18-16-14-13-15-17(18)22/h13-16H,7-12H2,1-6H3. The van der Waals surface area contributed by atoms with Gasteiger partial charge in [0, 0.05) is 39.3 Å². The van der Waals surface area contributed by atoms with E-state index in [2.05, 4.69) is 61.6 Å². The summed E-state index contributed by atoms with van der Waals surface area (Å²) in [5, 5.41) is 0.983. The van der Waals surface area contributed by atoms with Gasteiger partial charge in [-0.1, -0.05) is 53.7 Å². The third-order valence-corrected chi connectivity index (χ3v) is 9.64. The van der Waals surface area contributed by atoms with Gasteiger partial charge in [0.2, 0.25) is 0 Å². The van der Waals surface area contributed by atoms with Gasteiger partial charge in [-0.25, -0.2) is 0 Å². The molecule has 1 rings (SSSR count). The summed E-state index contributed by atoms with van der Waals surface area (Å²) >= 11 is 0. The predicted molar refractivity (Wildman–Crippen MR) is 104 cm³/mol. The van der Waals surface area contributed by atoms with Crippen molar-refractivity contribution in [3.8, 4) is 0 Å². The molecule has 0 radical (unpaired) electrons. The highest BCUT2D eigenvalue weighted by Gasteiger charge is 2.39. The molecule has 0 saturated heterocycles. The zero-order valence-corrected chi connectivity index (χ0v) is 16.6. The summed E-state index contributed by atoms with van der Waals surface area (Å²) in [5.74, 6) is 0.173. The molecule has 0 unspecified atom stereocenters. The number of ketones is 1. The van der Waals surface area contributed by atoms with Crippen LogP contribution in [-0.4, -0.2) is 64.4 Å². The van der Waals surface area contributed by atoms with Crippen LogP contribution in [-0.2, 0) is 4.79 Å². The summed E-state index contributed by atoms with van der Waals surface area (Å²) < 4.78 is 7.59. The van der Waals surface area contributed by atoms with Gasteiger partial charge in [0.1, 0.15) is 0 Å². The lowest BCUT2D eigenvalue weighted by molar-refractivity contribution is -0.108. The molecule has 1 aliphatic carbocycles. The first kappa shape index (κ1) is 20.4. The monoisotopic (exact) mass is 339 g/mol. The van der Waals surface area contributed by atoms with Gasteiger partial charge in [0.15, 0.2) is 5.78 Å². The molecule has 0 aromatic carbocycles. The van der Waals surface area contributed by atoms with Gasteiger partial charge in [-0.05, 0) is 12.2 Å². The van der Waals surface area contributed by atoms with Gasteiger partial charge in [-0.2, -0.15) is 0 Å². The Morgan fingerprint density at radius 1 is 0.696 bits per heavy atom. The molecule has 0 heterocycles. The van der Waals surface area contributed by atoms with Crippen LogP contribution in [0.3, 0.4) is 0 Å². The van der Waals surface area contributed by atoms with E-state index in [0.29, 0.717) is 0 Å². The van der Waals surface area contributed by atoms with Crippen molar-refractivity contribution < 1.29 is 4.79 Å². The topological polar surface area (TPSA) is 26.8 Å². The minimum Gasteiger partial charge on any atom is -0.289 e. The SMILES string of the molecule is CCN(CC)P(=C1C=CC=CC1=O)(N(CC)CC)N(CC)CC. The molecule has 0 amide bonds. The molecule has 5 heteroatoms. The van der Waals surface area contributed by atoms with Crippen LogP contribution in [0.1, 0.15) is 41.5 Å². The van der Waals surface area contributed by atoms with Gasteiger partial charge < -0.3 is 0 Å². The fourth-order valence-electron chi connectivity index (χ4n) is 3.55. The van der Waals surface area contributed by atoms with Crippen molar-refractivity contribution >= 4 is 18.4 Å². The molecule has 0 fully saturated rings. The van der Waals surface area contributed by atoms with Crippen molar-refractivity contribution in [1.29, 1.82) is 0 Å². The highest BCUT2D eigenvalue weighted by Crippen LogP contribution is 2.59. The zero-order chi connectivity index (χ0) is 17.5. The number of allylic oxidation sites excluding steroid dienone is 4. The first-order valence-corrected chi connectivity index (χ1v) is 10.6. The second kappa shape index (κ2) is 9.58. The maximum absolute atomic E-state index is 12.8. The molecule has 0 atom stereocenters. The smallest absolute Gasteiger partial charge is 0.189 e. The van der Waals surface area contributed by atoms with E-state index in [1.807, 2.05) is 12.2 Å². The van der Waals surface area contributed by atoms with E-state index in [-0.39, 0.29) is 5.78 Å². The highest BCUT2D eigenvalue weighted by molar-refractivity contribution is 7.72. The molecular formula is C18H34N3OP. The van der Waals surface area contributed by atoms with Gasteiger partial charge in [-0.3, -0.25) is 18.8 Å². The Balaban J connectivity index is 3.86. The fourth-order valence-corrected chi connectivity index (χ4v) is 8.56. The quantitative estimate of drug-likeness (QED) is 0.599. The summed E-state index contributed by atoms with van der Waals surface area (Å²) in [6.45, 7) is 18.9. The van der Waals surface area contributed by atoms with E-state index in [0.717, 1.165) is 44.6 Å². The van der Waals surface area contributed by atoms with Crippen molar-refractivity contribution in [3.05, 3.63) is 24.3 Å². The molecule has 0 aromatic rings. The normalized spacial score (nSPS) is 15.5. The number of carbonyl (C=O) groups is 1. The molecule has 132 valence electrons. The fraction of sp³-hybridized carbons (Fsp3) is 0.667. The van der Waals surface area contributed by atoms with Crippen LogP contribution >= 0.6 is 7.34 Å². The summed E-state index contributed by atoms with van der Waals surface area (Å²) in [6, 6.07) is 0. The van der Waals surface area contributed by atoms with Gasteiger partial charge in [0.25, 0.3) is 0 Å². The van der Waals surface area contributed by atoms with Gasteiger partial charge in [-0.15, -0.1) is 0 Å². The second-order valence-corrected chi connectivity index (χ2v) is 8.77. The lowest BCUT2D eigenvalue weighted by Gasteiger charge is -2.51. The average molecular weight is 339 g/mol. The Hall–Kier alpha value is -0.670. The van der Waals surface area contributed by atoms with Crippen LogP contribution in [0.15, 0.2) is 24.3 Å². The van der Waals surface area contributed by atoms with E-state index < -0.39 is 7.34 Å². The summed E-state index contributed by atoms with van der Waals surface area (Å²) in [6.07, 6.45) is 7.65. The Kier molecular flexibility index (Phi) is 8.49. The molecule has 4 nitrogen and oxygen atoms in total. The van der Waals surface area contributed by atoms with E-state index >= 15 is 0 Å². The Morgan fingerprint density at radius 3 is 1.35 bits per heavy atom. The molecule has 0 aromatic heterocycles. The Bertz CT molecular complexity index is 460. The molecule has 1 aliphatic rings. The zero-order valence-electron chi connectivity index (χ0n) is 15.7. The van der Waals surface area contributed by atoms with Crippen molar-refractivity contribution in [3.63, 3.8) is 0 Å². The lowest BCUT2D eigenvalue weighted by Crippen LogP contribution is -2.45. The first-order valence-electron chi connectivity index (χ1n) is 9.00. The minimum absolute atomic E-state index is 0.173. The van der Waals surface area contributed by atoms with Crippen LogP contribution in [0, 0.1) is 0 Å². The molecule has 0 N–H and O–H groups in total. The molecule has 23 heavy (non-hydrogen) atoms. The molecule has 0 bridgehead atoms. The number of carbonyl (C=O) groups excluding carboxylic acids is 1. The third-order valence-electron chi connectivity index (χ3n) is 4.56. The lowest BCUT2D eigenvalue weighted by atomic mass is 10.2. The highest BCUT2D eigenvalue weighted by atomic mass is 31.2. The number of hydrogen-bond acceptors (Lipinski definition) is 4. The molecule has 0 spiro atoms. The molecule has 0 saturated carbocycles. The Labute approximate surface area is 143 Å². The van der Waals surface area contributed by atoms with E-state index in [4.69, 9.17) is 0 Å². The van der Waals surface area contributed by atoms with Gasteiger partial charge in [0.05, 0.1) is 12.6 Å². The second-order valence-electron chi connectivity index (χ2n) is 5.45. The number of rotatable bonds is 9. The van der Waals surface area contributed by atoms with E-state index in [1.54, 1.807) is 6.08 Å². The van der Waals surface area contributed by atoms with Crippen molar-refractivity contribution in [2.75, 3.05) is 39.3 Å². The van der Waals surface area contributed by atoms with Crippen LogP contribution < -0.4 is 0 Å². The number of hydrogen-bond donors (Lipinski definition) is 0. The van der Waals surface area contributed by atoms with Crippen LogP contribution in [0.25, 0.3) is 0 Å². The Morgan fingerprint density at radius 2 is 1.04 bits per heavy atom. The first-order chi connectivity index (χ1) is 11.1. The van der Waals surface area contributed by atoms with Gasteiger partial charge >= 0.3 is 0 Å². The van der Waals surface area contributed by atoms with Crippen LogP contribution in [0.5, 0.6) is 0 Å². The maximum atomic E-state index is 12.8. The van der Waals surface area contributed by atoms with Crippen LogP contribution in [0.4, 0.5) is 0 Å². The third kappa shape index (κ3) is 3.71. The molecule has 0 aliphatic heterocycles. The molecular weight excluding hydrogens is 305 g/mol. The average Bonchev–Trinajstić information content (AvgIpc) is 2.57. The van der Waals surface area contributed by atoms with E-state index in [1.165, 1.54) is 0 Å². The van der Waals surface area contributed by atoms with Crippen molar-refractivity contribution in [2.45, 2.75) is 41.5 Å². The number of nitrogens with zero attached hydrogens (tertiary/aromatic N) is 3. The van der Waals surface area contributed by atoms with Crippen LogP contribution in [0.2, 0.25) is 0 Å². The predicted octanol–water partition coefficient (Wildman–Crippen LogP) is 3.64. The summed E-state index contributed by atoms with van der Waals surface area (Å²) in [5.41, 5.74) is 0. The van der Waals surface area contributed by atoms with Crippen molar-refractivity contribution in [2.24, 2.45) is 0 Å². The summed E-state index contributed by atoms with van der Waals surface area (Å²) in [7, 11) is -2.03.